The van der Waals surface area contributed by atoms with Crippen molar-refractivity contribution in [1.82, 2.24) is 0 Å². The van der Waals surface area contributed by atoms with Crippen LogP contribution in [0.4, 0.5) is 13.2 Å². The fraction of sp³-hybridized carbons (Fsp3) is 0.0625. The van der Waals surface area contributed by atoms with E-state index in [1.54, 1.807) is 18.2 Å². The Bertz CT molecular complexity index is 628. The molecule has 0 aromatic heterocycles. The van der Waals surface area contributed by atoms with E-state index in [2.05, 4.69) is 0 Å². The van der Waals surface area contributed by atoms with Gasteiger partial charge in [-0.3, -0.25) is 4.79 Å². The maximum Gasteiger partial charge on any atom is 0.416 e. The lowest BCUT2D eigenvalue weighted by Crippen LogP contribution is -2.06. The second-order valence-corrected chi connectivity index (χ2v) is 4.19. The Hall–Kier alpha value is -2.36. The maximum atomic E-state index is 12.6. The molecule has 0 atom stereocenters. The molecule has 2 rings (SSSR count). The molecule has 0 N–H and O–H groups in total. The summed E-state index contributed by atoms with van der Waals surface area (Å²) in [4.78, 5) is 11.8. The van der Waals surface area contributed by atoms with Crippen molar-refractivity contribution in [3.05, 3.63) is 77.4 Å². The van der Waals surface area contributed by atoms with Crippen molar-refractivity contribution >= 4 is 11.9 Å². The highest BCUT2D eigenvalue weighted by Crippen LogP contribution is 2.29. The van der Waals surface area contributed by atoms with Gasteiger partial charge in [-0.05, 0) is 23.8 Å². The topological polar surface area (TPSA) is 17.1 Å². The number of carbonyl (C=O) groups is 1. The van der Waals surface area contributed by atoms with Gasteiger partial charge in [0.25, 0.3) is 0 Å². The Labute approximate surface area is 114 Å². The summed E-state index contributed by atoms with van der Waals surface area (Å²) >= 11 is 0. The summed E-state index contributed by atoms with van der Waals surface area (Å²) in [6.07, 6.45) is -1.60. The van der Waals surface area contributed by atoms with Gasteiger partial charge in [0, 0.05) is 5.56 Å². The van der Waals surface area contributed by atoms with Crippen molar-refractivity contribution in [2.45, 2.75) is 6.18 Å². The third-order valence-electron chi connectivity index (χ3n) is 2.70. The average Bonchev–Trinajstić information content (AvgIpc) is 2.45. The summed E-state index contributed by atoms with van der Waals surface area (Å²) in [6.45, 7) is 0. The van der Waals surface area contributed by atoms with Crippen LogP contribution in [-0.4, -0.2) is 5.78 Å². The van der Waals surface area contributed by atoms with E-state index in [4.69, 9.17) is 0 Å². The summed E-state index contributed by atoms with van der Waals surface area (Å²) in [6, 6.07) is 13.5. The zero-order valence-electron chi connectivity index (χ0n) is 10.4. The first-order valence-corrected chi connectivity index (χ1v) is 5.91. The molecule has 0 spiro atoms. The Morgan fingerprint density at radius 1 is 0.950 bits per heavy atom. The van der Waals surface area contributed by atoms with Gasteiger partial charge in [-0.1, -0.05) is 48.5 Å². The van der Waals surface area contributed by atoms with Crippen LogP contribution in [0.15, 0.2) is 60.7 Å². The molecule has 0 aliphatic rings. The van der Waals surface area contributed by atoms with Gasteiger partial charge in [0.1, 0.15) is 0 Å². The van der Waals surface area contributed by atoms with Crippen LogP contribution in [0.25, 0.3) is 6.08 Å². The van der Waals surface area contributed by atoms with E-state index in [1.165, 1.54) is 18.2 Å². The molecule has 0 unspecified atom stereocenters. The van der Waals surface area contributed by atoms with E-state index < -0.39 is 17.5 Å². The second kappa shape index (κ2) is 5.74. The van der Waals surface area contributed by atoms with Crippen molar-refractivity contribution in [3.8, 4) is 0 Å². The number of alkyl halides is 3. The SMILES string of the molecule is O=C(/C=C/c1ccccc1)c1cccc(C(F)(F)F)c1. The largest absolute Gasteiger partial charge is 0.416 e. The summed E-state index contributed by atoms with van der Waals surface area (Å²) in [5.41, 5.74) is 0.0105. The predicted molar refractivity (Wildman–Crippen MR) is 71.3 cm³/mol. The van der Waals surface area contributed by atoms with Crippen LogP contribution in [0, 0.1) is 0 Å². The van der Waals surface area contributed by atoms with E-state index in [-0.39, 0.29) is 5.56 Å². The number of carbonyl (C=O) groups excluding carboxylic acids is 1. The standard InChI is InChI=1S/C16H11F3O/c17-16(18,19)14-8-4-7-13(11-14)15(20)10-9-12-5-2-1-3-6-12/h1-11H/b10-9+. The quantitative estimate of drug-likeness (QED) is 0.591. The minimum Gasteiger partial charge on any atom is -0.289 e. The lowest BCUT2D eigenvalue weighted by atomic mass is 10.1. The molecule has 0 fully saturated rings. The molecule has 102 valence electrons. The highest BCUT2D eigenvalue weighted by Gasteiger charge is 2.30. The maximum absolute atomic E-state index is 12.6. The van der Waals surface area contributed by atoms with Crippen LogP contribution in [0.1, 0.15) is 21.5 Å². The van der Waals surface area contributed by atoms with Crippen molar-refractivity contribution in [2.75, 3.05) is 0 Å². The predicted octanol–water partition coefficient (Wildman–Crippen LogP) is 4.60. The third-order valence-corrected chi connectivity index (χ3v) is 2.70. The van der Waals surface area contributed by atoms with E-state index >= 15 is 0 Å². The van der Waals surface area contributed by atoms with Gasteiger partial charge >= 0.3 is 6.18 Å². The van der Waals surface area contributed by atoms with E-state index in [0.717, 1.165) is 17.7 Å². The first-order valence-electron chi connectivity index (χ1n) is 5.91. The van der Waals surface area contributed by atoms with Crippen LogP contribution in [0.3, 0.4) is 0 Å². The first-order chi connectivity index (χ1) is 9.47. The molecule has 20 heavy (non-hydrogen) atoms. The monoisotopic (exact) mass is 276 g/mol. The smallest absolute Gasteiger partial charge is 0.289 e. The minimum atomic E-state index is -4.45. The fourth-order valence-corrected chi connectivity index (χ4v) is 1.68. The van der Waals surface area contributed by atoms with Gasteiger partial charge in [-0.2, -0.15) is 13.2 Å². The van der Waals surface area contributed by atoms with Crippen LogP contribution < -0.4 is 0 Å². The summed E-state index contributed by atoms with van der Waals surface area (Å²) < 4.78 is 37.7. The number of hydrogen-bond donors (Lipinski definition) is 0. The average molecular weight is 276 g/mol. The number of allylic oxidation sites excluding steroid dienone is 1. The second-order valence-electron chi connectivity index (χ2n) is 4.19. The summed E-state index contributed by atoms with van der Waals surface area (Å²) in [7, 11) is 0. The molecule has 0 saturated heterocycles. The van der Waals surface area contributed by atoms with Gasteiger partial charge in [-0.15, -0.1) is 0 Å². The van der Waals surface area contributed by atoms with Gasteiger partial charge in [0.05, 0.1) is 5.56 Å². The number of hydrogen-bond acceptors (Lipinski definition) is 1. The highest BCUT2D eigenvalue weighted by molar-refractivity contribution is 6.06. The molecule has 1 nitrogen and oxygen atoms in total. The van der Waals surface area contributed by atoms with Crippen LogP contribution in [0.5, 0.6) is 0 Å². The van der Waals surface area contributed by atoms with Crippen molar-refractivity contribution in [2.24, 2.45) is 0 Å². The molecule has 0 bridgehead atoms. The molecule has 0 amide bonds. The van der Waals surface area contributed by atoms with Gasteiger partial charge in [0.2, 0.25) is 0 Å². The van der Waals surface area contributed by atoms with E-state index in [9.17, 15) is 18.0 Å². The van der Waals surface area contributed by atoms with Crippen molar-refractivity contribution in [3.63, 3.8) is 0 Å². The fourth-order valence-electron chi connectivity index (χ4n) is 1.68. The minimum absolute atomic E-state index is 0.0204. The number of rotatable bonds is 3. The molecule has 0 saturated carbocycles. The summed E-state index contributed by atoms with van der Waals surface area (Å²) in [5, 5.41) is 0. The Morgan fingerprint density at radius 2 is 1.65 bits per heavy atom. The lowest BCUT2D eigenvalue weighted by Gasteiger charge is -2.07. The van der Waals surface area contributed by atoms with Crippen molar-refractivity contribution in [1.29, 1.82) is 0 Å². The Morgan fingerprint density at radius 3 is 2.30 bits per heavy atom. The molecule has 0 heterocycles. The normalized spacial score (nSPS) is 11.8. The van der Waals surface area contributed by atoms with Gasteiger partial charge in [0.15, 0.2) is 5.78 Å². The molecular weight excluding hydrogens is 265 g/mol. The highest BCUT2D eigenvalue weighted by atomic mass is 19.4. The zero-order chi connectivity index (χ0) is 14.6. The molecule has 2 aromatic rings. The molecule has 0 aliphatic carbocycles. The van der Waals surface area contributed by atoms with Gasteiger partial charge < -0.3 is 0 Å². The summed E-state index contributed by atoms with van der Waals surface area (Å²) in [5.74, 6) is -0.458. The molecule has 4 heteroatoms. The molecular formula is C16H11F3O. The Kier molecular flexibility index (Phi) is 4.03. The Balaban J connectivity index is 2.20. The zero-order valence-corrected chi connectivity index (χ0v) is 10.4. The van der Waals surface area contributed by atoms with Crippen LogP contribution in [0.2, 0.25) is 0 Å². The number of ketones is 1. The van der Waals surface area contributed by atoms with Gasteiger partial charge in [-0.25, -0.2) is 0 Å². The lowest BCUT2D eigenvalue weighted by molar-refractivity contribution is -0.137. The number of halogens is 3. The third kappa shape index (κ3) is 3.57. The molecule has 0 radical (unpaired) electrons. The van der Waals surface area contributed by atoms with E-state index in [0.29, 0.717) is 0 Å². The number of benzene rings is 2. The van der Waals surface area contributed by atoms with Crippen LogP contribution in [-0.2, 0) is 6.18 Å². The first kappa shape index (κ1) is 14.1. The van der Waals surface area contributed by atoms with Crippen LogP contribution >= 0.6 is 0 Å². The van der Waals surface area contributed by atoms with E-state index in [1.807, 2.05) is 18.2 Å². The molecule has 2 aromatic carbocycles. The van der Waals surface area contributed by atoms with Crippen molar-refractivity contribution < 1.29 is 18.0 Å². The molecule has 0 aliphatic heterocycles.